The second-order valence-electron chi connectivity index (χ2n) is 3.40. The molecule has 94 valence electrons. The van der Waals surface area contributed by atoms with Crippen LogP contribution in [0.4, 0.5) is 17.6 Å². The molecular formula is C9H17N7O. The molecule has 0 bridgehead atoms. The van der Waals surface area contributed by atoms with Crippen molar-refractivity contribution in [3.05, 3.63) is 6.07 Å². The van der Waals surface area contributed by atoms with Crippen molar-refractivity contribution in [2.45, 2.75) is 6.92 Å². The minimum absolute atomic E-state index is 0.0352. The number of likely N-dealkylation sites (N-methyl/N-ethyl adjacent to an activating group) is 1. The molecule has 0 unspecified atom stereocenters. The van der Waals surface area contributed by atoms with Crippen LogP contribution in [0.1, 0.15) is 6.92 Å². The van der Waals surface area contributed by atoms with E-state index in [2.05, 4.69) is 20.7 Å². The maximum atomic E-state index is 11.5. The molecule has 1 amide bonds. The van der Waals surface area contributed by atoms with Crippen LogP contribution in [0.3, 0.4) is 0 Å². The lowest BCUT2D eigenvalue weighted by molar-refractivity contribution is -0.127. The number of rotatable bonds is 5. The van der Waals surface area contributed by atoms with Gasteiger partial charge in [0.25, 0.3) is 0 Å². The largest absolute Gasteiger partial charge is 0.368 e. The molecule has 0 saturated carbocycles. The summed E-state index contributed by atoms with van der Waals surface area (Å²) in [5.41, 5.74) is 7.84. The highest BCUT2D eigenvalue weighted by molar-refractivity contribution is 5.80. The first-order chi connectivity index (χ1) is 8.06. The molecule has 1 heterocycles. The van der Waals surface area contributed by atoms with Crippen molar-refractivity contribution < 1.29 is 4.79 Å². The SMILES string of the molecule is CCN(C)C(=O)CNc1cc(NN)nc(N)n1. The Morgan fingerprint density at radius 3 is 2.71 bits per heavy atom. The van der Waals surface area contributed by atoms with Crippen molar-refractivity contribution >= 4 is 23.5 Å². The molecule has 0 spiro atoms. The van der Waals surface area contributed by atoms with Crippen LogP contribution in [0.5, 0.6) is 0 Å². The number of hydrogen-bond donors (Lipinski definition) is 4. The average molecular weight is 239 g/mol. The fraction of sp³-hybridized carbons (Fsp3) is 0.444. The Labute approximate surface area is 99.4 Å². The summed E-state index contributed by atoms with van der Waals surface area (Å²) >= 11 is 0. The summed E-state index contributed by atoms with van der Waals surface area (Å²) in [5, 5.41) is 2.86. The molecule has 1 aromatic heterocycles. The van der Waals surface area contributed by atoms with Crippen molar-refractivity contribution in [1.82, 2.24) is 14.9 Å². The fourth-order valence-electron chi connectivity index (χ4n) is 1.11. The topological polar surface area (TPSA) is 122 Å². The van der Waals surface area contributed by atoms with Gasteiger partial charge in [0, 0.05) is 19.7 Å². The molecule has 0 aliphatic rings. The molecule has 8 nitrogen and oxygen atoms in total. The highest BCUT2D eigenvalue weighted by atomic mass is 16.2. The predicted octanol–water partition coefficient (Wildman–Crippen LogP) is -0.765. The van der Waals surface area contributed by atoms with Crippen LogP contribution in [0.25, 0.3) is 0 Å². The third-order valence-electron chi connectivity index (χ3n) is 2.21. The van der Waals surface area contributed by atoms with Gasteiger partial charge >= 0.3 is 0 Å². The van der Waals surface area contributed by atoms with Gasteiger partial charge in [-0.3, -0.25) is 4.79 Å². The molecule has 0 aliphatic heterocycles. The summed E-state index contributed by atoms with van der Waals surface area (Å²) in [6.45, 7) is 2.70. The number of nitrogens with one attached hydrogen (secondary N) is 2. The van der Waals surface area contributed by atoms with E-state index in [1.165, 1.54) is 0 Å². The van der Waals surface area contributed by atoms with E-state index in [0.717, 1.165) is 0 Å². The molecule has 6 N–H and O–H groups in total. The first-order valence-electron chi connectivity index (χ1n) is 5.15. The zero-order valence-corrected chi connectivity index (χ0v) is 9.90. The Balaban J connectivity index is 2.63. The molecule has 0 atom stereocenters. The molecule has 8 heteroatoms. The number of amides is 1. The van der Waals surface area contributed by atoms with Crippen LogP contribution in [0.15, 0.2) is 6.07 Å². The number of hydrazine groups is 1. The van der Waals surface area contributed by atoms with Crippen molar-refractivity contribution in [3.63, 3.8) is 0 Å². The maximum Gasteiger partial charge on any atom is 0.241 e. The van der Waals surface area contributed by atoms with Crippen LogP contribution in [-0.4, -0.2) is 40.9 Å². The minimum Gasteiger partial charge on any atom is -0.368 e. The minimum atomic E-state index is -0.0352. The summed E-state index contributed by atoms with van der Waals surface area (Å²) in [4.78, 5) is 20.9. The Kier molecular flexibility index (Phi) is 4.46. The van der Waals surface area contributed by atoms with E-state index < -0.39 is 0 Å². The Morgan fingerprint density at radius 1 is 1.47 bits per heavy atom. The molecule has 17 heavy (non-hydrogen) atoms. The third kappa shape index (κ3) is 3.76. The first kappa shape index (κ1) is 13.0. The number of aromatic nitrogens is 2. The Bertz CT molecular complexity index is 395. The van der Waals surface area contributed by atoms with Gasteiger partial charge in [-0.1, -0.05) is 0 Å². The monoisotopic (exact) mass is 239 g/mol. The summed E-state index contributed by atoms with van der Waals surface area (Å²) in [6, 6.07) is 1.57. The number of carbonyl (C=O) groups excluding carboxylic acids is 1. The normalized spacial score (nSPS) is 9.82. The van der Waals surface area contributed by atoms with Crippen LogP contribution in [-0.2, 0) is 4.79 Å². The predicted molar refractivity (Wildman–Crippen MR) is 66.1 cm³/mol. The van der Waals surface area contributed by atoms with Gasteiger partial charge in [0.15, 0.2) is 0 Å². The quantitative estimate of drug-likeness (QED) is 0.393. The summed E-state index contributed by atoms with van der Waals surface area (Å²) in [5.74, 6) is 6.09. The van der Waals surface area contributed by atoms with Gasteiger partial charge in [-0.05, 0) is 6.92 Å². The number of nitrogens with two attached hydrogens (primary N) is 2. The van der Waals surface area contributed by atoms with E-state index >= 15 is 0 Å². The molecule has 0 saturated heterocycles. The number of nitrogens with zero attached hydrogens (tertiary/aromatic N) is 3. The van der Waals surface area contributed by atoms with Crippen LogP contribution in [0, 0.1) is 0 Å². The van der Waals surface area contributed by atoms with Crippen molar-refractivity contribution in [1.29, 1.82) is 0 Å². The van der Waals surface area contributed by atoms with E-state index in [-0.39, 0.29) is 18.4 Å². The van der Waals surface area contributed by atoms with Gasteiger partial charge in [-0.25, -0.2) is 5.84 Å². The van der Waals surface area contributed by atoms with Gasteiger partial charge in [0.1, 0.15) is 11.6 Å². The van der Waals surface area contributed by atoms with E-state index in [1.54, 1.807) is 18.0 Å². The first-order valence-corrected chi connectivity index (χ1v) is 5.15. The molecule has 1 aromatic rings. The van der Waals surface area contributed by atoms with Gasteiger partial charge < -0.3 is 21.4 Å². The van der Waals surface area contributed by atoms with Gasteiger partial charge in [-0.15, -0.1) is 0 Å². The number of hydrogen-bond acceptors (Lipinski definition) is 7. The second-order valence-corrected chi connectivity index (χ2v) is 3.40. The standard InChI is InChI=1S/C9H17N7O/c1-3-16(2)8(17)5-12-6-4-7(15-11)14-9(10)13-6/h4H,3,5,11H2,1-2H3,(H4,10,12,13,14,15). The van der Waals surface area contributed by atoms with Gasteiger partial charge in [0.2, 0.25) is 11.9 Å². The maximum absolute atomic E-state index is 11.5. The Hall–Kier alpha value is -2.09. The lowest BCUT2D eigenvalue weighted by Crippen LogP contribution is -2.32. The van der Waals surface area contributed by atoms with Crippen LogP contribution in [0.2, 0.25) is 0 Å². The molecule has 0 aliphatic carbocycles. The zero-order chi connectivity index (χ0) is 12.8. The molecule has 0 radical (unpaired) electrons. The average Bonchev–Trinajstić information content (AvgIpc) is 2.34. The lowest BCUT2D eigenvalue weighted by Gasteiger charge is -2.15. The zero-order valence-electron chi connectivity index (χ0n) is 9.90. The fourth-order valence-corrected chi connectivity index (χ4v) is 1.11. The Morgan fingerprint density at radius 2 is 2.12 bits per heavy atom. The number of nitrogen functional groups attached to an aromatic ring is 2. The number of anilines is 3. The molecule has 0 aromatic carbocycles. The van der Waals surface area contributed by atoms with Crippen molar-refractivity contribution in [2.75, 3.05) is 36.6 Å². The lowest BCUT2D eigenvalue weighted by atomic mass is 10.4. The van der Waals surface area contributed by atoms with Crippen LogP contribution < -0.4 is 22.3 Å². The summed E-state index contributed by atoms with van der Waals surface area (Å²) in [7, 11) is 1.73. The van der Waals surface area contributed by atoms with Gasteiger partial charge in [-0.2, -0.15) is 9.97 Å². The number of carbonyl (C=O) groups is 1. The summed E-state index contributed by atoms with van der Waals surface area (Å²) in [6.07, 6.45) is 0. The van der Waals surface area contributed by atoms with Gasteiger partial charge in [0.05, 0.1) is 6.54 Å². The highest BCUT2D eigenvalue weighted by Gasteiger charge is 2.07. The van der Waals surface area contributed by atoms with E-state index in [1.807, 2.05) is 6.92 Å². The highest BCUT2D eigenvalue weighted by Crippen LogP contribution is 2.10. The van der Waals surface area contributed by atoms with Crippen molar-refractivity contribution in [3.8, 4) is 0 Å². The van der Waals surface area contributed by atoms with Crippen molar-refractivity contribution in [2.24, 2.45) is 5.84 Å². The van der Waals surface area contributed by atoms with E-state index in [9.17, 15) is 4.79 Å². The third-order valence-corrected chi connectivity index (χ3v) is 2.21. The van der Waals surface area contributed by atoms with E-state index in [4.69, 9.17) is 11.6 Å². The molecular weight excluding hydrogens is 222 g/mol. The van der Waals surface area contributed by atoms with Crippen LogP contribution >= 0.6 is 0 Å². The molecule has 0 fully saturated rings. The summed E-state index contributed by atoms with van der Waals surface area (Å²) < 4.78 is 0. The second kappa shape index (κ2) is 5.85. The van der Waals surface area contributed by atoms with E-state index in [0.29, 0.717) is 18.2 Å². The molecule has 1 rings (SSSR count). The smallest absolute Gasteiger partial charge is 0.241 e.